The van der Waals surface area contributed by atoms with Crippen LogP contribution in [0.4, 0.5) is 5.82 Å². The minimum absolute atomic E-state index is 0.208. The molecule has 3 fully saturated rings. The van der Waals surface area contributed by atoms with Crippen LogP contribution in [0.1, 0.15) is 39.3 Å². The summed E-state index contributed by atoms with van der Waals surface area (Å²) in [5.74, 6) is -0.267. The topological polar surface area (TPSA) is 105 Å². The van der Waals surface area contributed by atoms with Crippen LogP contribution in [-0.2, 0) is 23.7 Å². The normalized spacial score (nSPS) is 31.5. The van der Waals surface area contributed by atoms with E-state index in [1.54, 1.807) is 6.34 Å². The molecule has 33 heavy (non-hydrogen) atoms. The van der Waals surface area contributed by atoms with Crippen LogP contribution < -0.4 is 0 Å². The molecular weight excluding hydrogens is 496 g/mol. The summed E-state index contributed by atoms with van der Waals surface area (Å²) in [4.78, 5) is 19.6. The number of hydrogen-bond donors (Lipinski definition) is 0. The van der Waals surface area contributed by atoms with Crippen molar-refractivity contribution in [2.75, 3.05) is 27.3 Å². The predicted octanol–water partition coefficient (Wildman–Crippen LogP) is 2.77. The fraction of sp³-hybridized carbons (Fsp3) is 0.714. The lowest BCUT2D eigenvalue weighted by Crippen LogP contribution is -2.35. The second-order valence-corrected chi connectivity index (χ2v) is 9.80. The van der Waals surface area contributed by atoms with Gasteiger partial charge in [-0.15, -0.1) is 0 Å². The van der Waals surface area contributed by atoms with E-state index in [2.05, 4.69) is 35.9 Å². The summed E-state index contributed by atoms with van der Waals surface area (Å²) in [6, 6.07) is 0. The molecule has 2 aromatic rings. The van der Waals surface area contributed by atoms with Crippen molar-refractivity contribution in [3.05, 3.63) is 11.1 Å². The Kier molecular flexibility index (Phi) is 6.40. The maximum absolute atomic E-state index is 6.44. The zero-order valence-electron chi connectivity index (χ0n) is 19.2. The van der Waals surface area contributed by atoms with Crippen LogP contribution in [-0.4, -0.2) is 88.5 Å². The van der Waals surface area contributed by atoms with Crippen molar-refractivity contribution in [1.82, 2.24) is 24.4 Å². The molecule has 2 aromatic heterocycles. The van der Waals surface area contributed by atoms with Crippen molar-refractivity contribution in [3.8, 4) is 0 Å². The first kappa shape index (κ1) is 23.1. The van der Waals surface area contributed by atoms with E-state index in [4.69, 9.17) is 23.7 Å². The number of halogens is 1. The van der Waals surface area contributed by atoms with Crippen molar-refractivity contribution in [2.24, 2.45) is 4.99 Å². The largest absolute Gasteiger partial charge is 0.369 e. The minimum Gasteiger partial charge on any atom is -0.369 e. The summed E-state index contributed by atoms with van der Waals surface area (Å²) >= 11 is 3.58. The van der Waals surface area contributed by atoms with Gasteiger partial charge in [0.25, 0.3) is 0 Å². The van der Waals surface area contributed by atoms with Gasteiger partial charge in [-0.05, 0) is 49.0 Å². The first-order valence-electron chi connectivity index (χ1n) is 11.2. The molecule has 5 rings (SSSR count). The van der Waals surface area contributed by atoms with Gasteiger partial charge in [0.2, 0.25) is 0 Å². The van der Waals surface area contributed by atoms with Crippen LogP contribution in [0, 0.1) is 0 Å². The fourth-order valence-corrected chi connectivity index (χ4v) is 4.95. The van der Waals surface area contributed by atoms with Gasteiger partial charge in [-0.2, -0.15) is 0 Å². The van der Waals surface area contributed by atoms with E-state index in [1.807, 2.05) is 37.4 Å². The Morgan fingerprint density at radius 2 is 2.09 bits per heavy atom. The van der Waals surface area contributed by atoms with Crippen LogP contribution in [0.25, 0.3) is 11.2 Å². The lowest BCUT2D eigenvalue weighted by Gasteiger charge is -2.27. The highest BCUT2D eigenvalue weighted by Crippen LogP contribution is 2.45. The Hall–Kier alpha value is -1.70. The highest BCUT2D eigenvalue weighted by molar-refractivity contribution is 9.10. The molecule has 0 spiro atoms. The van der Waals surface area contributed by atoms with Crippen molar-refractivity contribution >= 4 is 39.3 Å². The molecule has 1 unspecified atom stereocenters. The zero-order valence-corrected chi connectivity index (χ0v) is 20.8. The molecule has 5 heterocycles. The highest BCUT2D eigenvalue weighted by Gasteiger charge is 2.56. The summed E-state index contributed by atoms with van der Waals surface area (Å²) in [6.45, 7) is 4.88. The van der Waals surface area contributed by atoms with Gasteiger partial charge in [-0.25, -0.2) is 19.9 Å². The third kappa shape index (κ3) is 4.64. The molecular formula is C21H29BrN6O5. The second kappa shape index (κ2) is 9.16. The van der Waals surface area contributed by atoms with Gasteiger partial charge in [-0.3, -0.25) is 4.57 Å². The first-order valence-corrected chi connectivity index (χ1v) is 11.9. The molecule has 0 saturated carbocycles. The summed E-state index contributed by atoms with van der Waals surface area (Å²) < 4.78 is 33.1. The van der Waals surface area contributed by atoms with E-state index >= 15 is 0 Å². The number of fused-ring (bicyclic) bond motifs is 2. The molecule has 3 aliphatic rings. The molecule has 5 atom stereocenters. The van der Waals surface area contributed by atoms with E-state index in [9.17, 15) is 0 Å². The fourth-order valence-electron chi connectivity index (χ4n) is 4.41. The van der Waals surface area contributed by atoms with Crippen LogP contribution in [0.2, 0.25) is 0 Å². The van der Waals surface area contributed by atoms with E-state index in [1.165, 1.54) is 6.33 Å². The van der Waals surface area contributed by atoms with Gasteiger partial charge >= 0.3 is 0 Å². The molecule has 180 valence electrons. The van der Waals surface area contributed by atoms with Crippen molar-refractivity contribution in [2.45, 2.75) is 69.7 Å². The number of rotatable bonds is 6. The minimum atomic E-state index is -0.740. The second-order valence-electron chi connectivity index (χ2n) is 9.09. The molecule has 3 aliphatic heterocycles. The van der Waals surface area contributed by atoms with Gasteiger partial charge in [-0.1, -0.05) is 0 Å². The molecule has 3 saturated heterocycles. The number of ether oxygens (including phenoxy) is 5. The Morgan fingerprint density at radius 1 is 1.27 bits per heavy atom. The Labute approximate surface area is 200 Å². The van der Waals surface area contributed by atoms with Crippen LogP contribution in [0.3, 0.4) is 0 Å². The average molecular weight is 525 g/mol. The molecule has 11 nitrogen and oxygen atoms in total. The van der Waals surface area contributed by atoms with Gasteiger partial charge in [0.05, 0.1) is 12.9 Å². The Bertz CT molecular complexity index is 1020. The lowest BCUT2D eigenvalue weighted by atomic mass is 10.1. The SMILES string of the molecule is CN(C)C=Nc1ncnc2c1nc(Br)n2[C@@H]1O[C@H](COC2CCCCO2)[C@H]2OC(C)(C)O[C@H]21. The number of imidazole rings is 1. The van der Waals surface area contributed by atoms with Crippen molar-refractivity contribution in [3.63, 3.8) is 0 Å². The van der Waals surface area contributed by atoms with Crippen LogP contribution in [0.5, 0.6) is 0 Å². The highest BCUT2D eigenvalue weighted by atomic mass is 79.9. The van der Waals surface area contributed by atoms with Gasteiger partial charge in [0.15, 0.2) is 40.0 Å². The van der Waals surface area contributed by atoms with Gasteiger partial charge in [0, 0.05) is 20.7 Å². The number of aromatic nitrogens is 4. The Balaban J connectivity index is 1.44. The average Bonchev–Trinajstić information content (AvgIpc) is 3.39. The van der Waals surface area contributed by atoms with Crippen molar-refractivity contribution in [1.29, 1.82) is 0 Å². The maximum Gasteiger partial charge on any atom is 0.185 e. The number of hydrogen-bond acceptors (Lipinski definition) is 9. The zero-order chi connectivity index (χ0) is 23.2. The first-order chi connectivity index (χ1) is 15.8. The maximum atomic E-state index is 6.44. The summed E-state index contributed by atoms with van der Waals surface area (Å²) in [7, 11) is 3.78. The predicted molar refractivity (Wildman–Crippen MR) is 122 cm³/mol. The van der Waals surface area contributed by atoms with E-state index in [-0.39, 0.29) is 24.6 Å². The Morgan fingerprint density at radius 3 is 2.85 bits per heavy atom. The number of nitrogens with zero attached hydrogens (tertiary/aromatic N) is 6. The van der Waals surface area contributed by atoms with Gasteiger partial charge < -0.3 is 28.6 Å². The molecule has 12 heteroatoms. The molecule has 0 radical (unpaired) electrons. The monoisotopic (exact) mass is 524 g/mol. The van der Waals surface area contributed by atoms with Crippen LogP contribution in [0.15, 0.2) is 16.1 Å². The third-order valence-corrected chi connectivity index (χ3v) is 6.35. The standard InChI is InChI=1S/C21H29BrN6O5/c1-21(2)32-15-12(9-30-13-7-5-6-8-29-13)31-19(16(15)33-21)28-18-14(26-20(28)22)17(23-10-24-18)25-11-27(3)4/h10-13,15-16,19H,5-9H2,1-4H3/t12-,13?,15-,16-,19-/m1/s1. The summed E-state index contributed by atoms with van der Waals surface area (Å²) in [6.07, 6.45) is 4.49. The molecule has 0 aromatic carbocycles. The van der Waals surface area contributed by atoms with Crippen LogP contribution >= 0.6 is 15.9 Å². The van der Waals surface area contributed by atoms with Crippen molar-refractivity contribution < 1.29 is 23.7 Å². The lowest BCUT2D eigenvalue weighted by molar-refractivity contribution is -0.219. The summed E-state index contributed by atoms with van der Waals surface area (Å²) in [5.41, 5.74) is 1.16. The molecule has 0 amide bonds. The van der Waals surface area contributed by atoms with E-state index in [0.717, 1.165) is 25.9 Å². The van der Waals surface area contributed by atoms with Gasteiger partial charge in [0.1, 0.15) is 24.6 Å². The molecule has 0 bridgehead atoms. The summed E-state index contributed by atoms with van der Waals surface area (Å²) in [5, 5.41) is 0. The van der Waals surface area contributed by atoms with E-state index in [0.29, 0.717) is 28.3 Å². The molecule has 0 N–H and O–H groups in total. The van der Waals surface area contributed by atoms with E-state index < -0.39 is 12.0 Å². The smallest absolute Gasteiger partial charge is 0.185 e. The molecule has 0 aliphatic carbocycles. The number of aliphatic imine (C=N–C) groups is 1. The third-order valence-electron chi connectivity index (χ3n) is 5.79. The quantitative estimate of drug-likeness (QED) is 0.320.